The molecule has 0 N–H and O–H groups in total. The highest BCUT2D eigenvalue weighted by molar-refractivity contribution is 6.01. The number of carbonyl (C=O) groups excluding carboxylic acids is 1. The number of nitrogens with zero attached hydrogens (tertiary/aromatic N) is 1. The van der Waals surface area contributed by atoms with Crippen LogP contribution in [0.2, 0.25) is 0 Å². The zero-order chi connectivity index (χ0) is 9.97. The zero-order valence-corrected chi connectivity index (χ0v) is 8.02. The van der Waals surface area contributed by atoms with Crippen molar-refractivity contribution in [3.05, 3.63) is 48.6 Å². The fourth-order valence-electron chi connectivity index (χ4n) is 1.59. The van der Waals surface area contributed by atoms with Crippen LogP contribution in [0.5, 0.6) is 0 Å². The number of Topliss-reactive ketones (excluding diaryl/α,β-unsaturated/α-hetero) is 1. The number of ketones is 1. The third kappa shape index (κ3) is 1.75. The smallest absolute Gasteiger partial charge is 0.181 e. The first-order valence-electron chi connectivity index (χ1n) is 4.77. The van der Waals surface area contributed by atoms with E-state index in [2.05, 4.69) is 11.5 Å². The molecule has 0 saturated carbocycles. The van der Waals surface area contributed by atoms with Crippen molar-refractivity contribution >= 4 is 5.78 Å². The first-order chi connectivity index (χ1) is 6.83. The second-order valence-electron chi connectivity index (χ2n) is 3.49. The average molecular weight is 187 g/mol. The van der Waals surface area contributed by atoms with Crippen LogP contribution in [0.4, 0.5) is 0 Å². The van der Waals surface area contributed by atoms with Gasteiger partial charge < -0.3 is 0 Å². The molecule has 2 atom stereocenters. The highest BCUT2D eigenvalue weighted by Crippen LogP contribution is 2.21. The third-order valence-corrected chi connectivity index (χ3v) is 2.44. The minimum absolute atomic E-state index is 0.0930. The Morgan fingerprint density at radius 2 is 2.21 bits per heavy atom. The fraction of sp³-hybridized carbons (Fsp3) is 0.250. The Labute approximate surface area is 83.8 Å². The Hall–Kier alpha value is -1.41. The van der Waals surface area contributed by atoms with E-state index in [1.54, 1.807) is 0 Å². The van der Waals surface area contributed by atoms with Crippen LogP contribution in [0.3, 0.4) is 0 Å². The Bertz CT molecular complexity index is 345. The lowest BCUT2D eigenvalue weighted by molar-refractivity contribution is 0.0976. The van der Waals surface area contributed by atoms with Crippen molar-refractivity contribution in [1.29, 1.82) is 0 Å². The maximum atomic E-state index is 11.8. The summed E-state index contributed by atoms with van der Waals surface area (Å²) < 4.78 is 0. The lowest BCUT2D eigenvalue weighted by atomic mass is 10.1. The largest absolute Gasteiger partial charge is 0.292 e. The van der Waals surface area contributed by atoms with Crippen LogP contribution >= 0.6 is 0 Å². The van der Waals surface area contributed by atoms with Crippen molar-refractivity contribution in [3.63, 3.8) is 0 Å². The van der Waals surface area contributed by atoms with E-state index in [0.29, 0.717) is 0 Å². The molecule has 2 heteroatoms. The highest BCUT2D eigenvalue weighted by Gasteiger charge is 2.39. The molecule has 2 nitrogen and oxygen atoms in total. The standard InChI is InChI=1S/C12H13NO/c1-2-8-13-9-11(13)12(14)10-6-4-3-5-7-10/h2-7,11H,1,8-9H2. The summed E-state index contributed by atoms with van der Waals surface area (Å²) in [4.78, 5) is 13.9. The number of hydrogen-bond donors (Lipinski definition) is 0. The Morgan fingerprint density at radius 1 is 1.50 bits per heavy atom. The van der Waals surface area contributed by atoms with Gasteiger partial charge in [-0.15, -0.1) is 6.58 Å². The van der Waals surface area contributed by atoms with Crippen LogP contribution in [0, 0.1) is 0 Å². The van der Waals surface area contributed by atoms with E-state index in [9.17, 15) is 4.79 Å². The molecule has 72 valence electrons. The quantitative estimate of drug-likeness (QED) is 0.406. The van der Waals surface area contributed by atoms with E-state index in [1.165, 1.54) is 0 Å². The summed E-state index contributed by atoms with van der Waals surface area (Å²) in [7, 11) is 0. The Balaban J connectivity index is 2.01. The Kier molecular flexibility index (Phi) is 2.46. The summed E-state index contributed by atoms with van der Waals surface area (Å²) in [5, 5.41) is 0. The van der Waals surface area contributed by atoms with Crippen molar-refractivity contribution in [2.24, 2.45) is 0 Å². The lowest BCUT2D eigenvalue weighted by Crippen LogP contribution is -2.13. The molecule has 1 aromatic rings. The van der Waals surface area contributed by atoms with E-state index in [-0.39, 0.29) is 11.8 Å². The van der Waals surface area contributed by atoms with Gasteiger partial charge in [0.1, 0.15) is 0 Å². The van der Waals surface area contributed by atoms with Gasteiger partial charge in [0, 0.05) is 18.7 Å². The topological polar surface area (TPSA) is 20.1 Å². The van der Waals surface area contributed by atoms with E-state index >= 15 is 0 Å². The van der Waals surface area contributed by atoms with Gasteiger partial charge in [-0.2, -0.15) is 0 Å². The number of carbonyl (C=O) groups is 1. The molecule has 0 spiro atoms. The van der Waals surface area contributed by atoms with Gasteiger partial charge in [0.15, 0.2) is 5.78 Å². The highest BCUT2D eigenvalue weighted by atomic mass is 16.1. The maximum absolute atomic E-state index is 11.8. The molecule has 1 saturated heterocycles. The predicted molar refractivity (Wildman–Crippen MR) is 56.3 cm³/mol. The normalized spacial score (nSPS) is 24.3. The van der Waals surface area contributed by atoms with Crippen LogP contribution in [0.1, 0.15) is 10.4 Å². The maximum Gasteiger partial charge on any atom is 0.181 e. The van der Waals surface area contributed by atoms with Gasteiger partial charge in [0.05, 0.1) is 6.04 Å². The monoisotopic (exact) mass is 187 g/mol. The van der Waals surface area contributed by atoms with E-state index in [1.807, 2.05) is 36.4 Å². The molecule has 2 unspecified atom stereocenters. The number of benzene rings is 1. The van der Waals surface area contributed by atoms with Crippen molar-refractivity contribution in [2.45, 2.75) is 6.04 Å². The second-order valence-corrected chi connectivity index (χ2v) is 3.49. The lowest BCUT2D eigenvalue weighted by Gasteiger charge is -1.99. The zero-order valence-electron chi connectivity index (χ0n) is 8.02. The third-order valence-electron chi connectivity index (χ3n) is 2.44. The predicted octanol–water partition coefficient (Wildman–Crippen LogP) is 1.74. The van der Waals surface area contributed by atoms with Crippen LogP contribution in [0.25, 0.3) is 0 Å². The van der Waals surface area contributed by atoms with Crippen molar-refractivity contribution in [2.75, 3.05) is 13.1 Å². The van der Waals surface area contributed by atoms with Crippen molar-refractivity contribution in [1.82, 2.24) is 4.90 Å². The van der Waals surface area contributed by atoms with Gasteiger partial charge in [-0.25, -0.2) is 0 Å². The van der Waals surface area contributed by atoms with E-state index < -0.39 is 0 Å². The van der Waals surface area contributed by atoms with Crippen molar-refractivity contribution in [3.8, 4) is 0 Å². The van der Waals surface area contributed by atoms with Crippen LogP contribution in [-0.4, -0.2) is 29.8 Å². The molecule has 0 radical (unpaired) electrons. The molecular formula is C12H13NO. The molecule has 0 amide bonds. The number of hydrogen-bond acceptors (Lipinski definition) is 2. The first-order valence-corrected chi connectivity index (χ1v) is 4.77. The van der Waals surface area contributed by atoms with Crippen LogP contribution in [-0.2, 0) is 0 Å². The molecule has 1 fully saturated rings. The SMILES string of the molecule is C=CCN1CC1C(=O)c1ccccc1. The first kappa shape index (κ1) is 9.16. The summed E-state index contributed by atoms with van der Waals surface area (Å²) in [6.45, 7) is 5.34. The molecular weight excluding hydrogens is 174 g/mol. The van der Waals surface area contributed by atoms with Crippen LogP contribution < -0.4 is 0 Å². The summed E-state index contributed by atoms with van der Waals surface area (Å²) in [5.74, 6) is 0.229. The Morgan fingerprint density at radius 3 is 2.86 bits per heavy atom. The molecule has 1 aliphatic rings. The molecule has 1 heterocycles. The van der Waals surface area contributed by atoms with Gasteiger partial charge in [-0.05, 0) is 0 Å². The van der Waals surface area contributed by atoms with Crippen LogP contribution in [0.15, 0.2) is 43.0 Å². The summed E-state index contributed by atoms with van der Waals surface area (Å²) in [5.41, 5.74) is 0.809. The van der Waals surface area contributed by atoms with Crippen molar-refractivity contribution < 1.29 is 4.79 Å². The van der Waals surface area contributed by atoms with Gasteiger partial charge in [0.25, 0.3) is 0 Å². The van der Waals surface area contributed by atoms with E-state index in [4.69, 9.17) is 0 Å². The summed E-state index contributed by atoms with van der Waals surface area (Å²) >= 11 is 0. The fourth-order valence-corrected chi connectivity index (χ4v) is 1.59. The molecule has 0 bridgehead atoms. The molecule has 1 aromatic carbocycles. The van der Waals surface area contributed by atoms with Gasteiger partial charge in [-0.3, -0.25) is 9.69 Å². The molecule has 0 aliphatic carbocycles. The molecule has 0 aromatic heterocycles. The minimum Gasteiger partial charge on any atom is -0.292 e. The molecule has 2 rings (SSSR count). The second kappa shape index (κ2) is 3.76. The van der Waals surface area contributed by atoms with E-state index in [0.717, 1.165) is 18.7 Å². The van der Waals surface area contributed by atoms with Gasteiger partial charge in [0.2, 0.25) is 0 Å². The molecule has 1 aliphatic heterocycles. The van der Waals surface area contributed by atoms with Gasteiger partial charge >= 0.3 is 0 Å². The van der Waals surface area contributed by atoms with Gasteiger partial charge in [-0.1, -0.05) is 36.4 Å². The molecule has 14 heavy (non-hydrogen) atoms. The summed E-state index contributed by atoms with van der Waals surface area (Å²) in [6, 6.07) is 9.54. The number of rotatable bonds is 4. The average Bonchev–Trinajstić information content (AvgIpc) is 2.98. The summed E-state index contributed by atoms with van der Waals surface area (Å²) in [6.07, 6.45) is 1.83. The minimum atomic E-state index is 0.0930.